The average Bonchev–Trinajstić information content (AvgIpc) is 2.45. The van der Waals surface area contributed by atoms with Crippen LogP contribution in [0.25, 0.3) is 0 Å². The number of anilines is 2. The molecule has 1 amide bonds. The van der Waals surface area contributed by atoms with E-state index in [4.69, 9.17) is 5.73 Å². The lowest BCUT2D eigenvalue weighted by molar-refractivity contribution is -0.116. The van der Waals surface area contributed by atoms with Crippen molar-refractivity contribution < 1.29 is 4.79 Å². The van der Waals surface area contributed by atoms with Crippen LogP contribution in [0.4, 0.5) is 11.4 Å². The molecule has 0 unspecified atom stereocenters. The van der Waals surface area contributed by atoms with Crippen molar-refractivity contribution in [3.8, 4) is 0 Å². The second-order valence-electron chi connectivity index (χ2n) is 4.50. The maximum Gasteiger partial charge on any atom is 0.267 e. The number of rotatable bonds is 4. The number of aromatic nitrogens is 2. The largest absolute Gasteiger partial charge is 0.397 e. The van der Waals surface area contributed by atoms with Gasteiger partial charge in [0.15, 0.2) is 0 Å². The van der Waals surface area contributed by atoms with Crippen molar-refractivity contribution in [1.29, 1.82) is 0 Å². The molecule has 0 aliphatic heterocycles. The second kappa shape index (κ2) is 6.53. The van der Waals surface area contributed by atoms with Gasteiger partial charge in [-0.3, -0.25) is 14.2 Å². The Morgan fingerprint density at radius 3 is 2.86 bits per heavy atom. The number of halogens is 1. The molecule has 6 nitrogen and oxygen atoms in total. The highest BCUT2D eigenvalue weighted by molar-refractivity contribution is 9.10. The summed E-state index contributed by atoms with van der Waals surface area (Å²) >= 11 is 3.14. The van der Waals surface area contributed by atoms with Crippen LogP contribution in [0.2, 0.25) is 0 Å². The molecule has 1 aromatic heterocycles. The predicted octanol–water partition coefficient (Wildman–Crippen LogP) is 1.93. The van der Waals surface area contributed by atoms with Gasteiger partial charge in [-0.2, -0.15) is 0 Å². The fourth-order valence-electron chi connectivity index (χ4n) is 1.85. The van der Waals surface area contributed by atoms with E-state index in [0.29, 0.717) is 21.7 Å². The number of hydrogen-bond acceptors (Lipinski definition) is 4. The molecule has 2 aromatic rings. The topological polar surface area (TPSA) is 90.0 Å². The van der Waals surface area contributed by atoms with E-state index < -0.39 is 0 Å². The molecule has 3 N–H and O–H groups in total. The number of nitrogen functional groups attached to an aromatic ring is 1. The van der Waals surface area contributed by atoms with Gasteiger partial charge in [0, 0.05) is 19.2 Å². The number of amides is 1. The molecule has 0 fully saturated rings. The van der Waals surface area contributed by atoms with E-state index in [2.05, 4.69) is 26.2 Å². The van der Waals surface area contributed by atoms with Gasteiger partial charge < -0.3 is 11.1 Å². The number of carbonyl (C=O) groups is 1. The van der Waals surface area contributed by atoms with Crippen LogP contribution in [-0.2, 0) is 11.3 Å². The fourth-order valence-corrected chi connectivity index (χ4v) is 2.17. The summed E-state index contributed by atoms with van der Waals surface area (Å²) in [5.41, 5.74) is 6.63. The van der Waals surface area contributed by atoms with Crippen LogP contribution in [0, 0.1) is 6.92 Å². The lowest BCUT2D eigenvalue weighted by Crippen LogP contribution is -2.26. The molecule has 0 radical (unpaired) electrons. The molecule has 1 heterocycles. The number of nitrogens with two attached hydrogens (primary N) is 1. The SMILES string of the molecule is Cc1ncc(Br)c(=O)n1CCC(=O)Nc1ccccc1N. The number of para-hydroxylation sites is 2. The Bertz CT molecular complexity index is 727. The molecule has 0 aliphatic carbocycles. The van der Waals surface area contributed by atoms with Crippen molar-refractivity contribution in [2.24, 2.45) is 0 Å². The highest BCUT2D eigenvalue weighted by atomic mass is 79.9. The monoisotopic (exact) mass is 350 g/mol. The van der Waals surface area contributed by atoms with E-state index in [0.717, 1.165) is 0 Å². The van der Waals surface area contributed by atoms with Crippen LogP contribution >= 0.6 is 15.9 Å². The maximum absolute atomic E-state index is 11.9. The van der Waals surface area contributed by atoms with Crippen LogP contribution in [0.15, 0.2) is 39.7 Å². The van der Waals surface area contributed by atoms with Crippen LogP contribution < -0.4 is 16.6 Å². The summed E-state index contributed by atoms with van der Waals surface area (Å²) in [7, 11) is 0. The van der Waals surface area contributed by atoms with Crippen molar-refractivity contribution in [3.05, 3.63) is 51.1 Å². The first-order chi connectivity index (χ1) is 9.99. The molecular weight excluding hydrogens is 336 g/mol. The number of benzene rings is 1. The van der Waals surface area contributed by atoms with E-state index in [-0.39, 0.29) is 24.4 Å². The van der Waals surface area contributed by atoms with Gasteiger partial charge in [-0.15, -0.1) is 0 Å². The van der Waals surface area contributed by atoms with Gasteiger partial charge in [0.25, 0.3) is 5.56 Å². The molecule has 2 rings (SSSR count). The first kappa shape index (κ1) is 15.2. The smallest absolute Gasteiger partial charge is 0.267 e. The first-order valence-electron chi connectivity index (χ1n) is 6.35. The quantitative estimate of drug-likeness (QED) is 0.824. The van der Waals surface area contributed by atoms with E-state index in [1.165, 1.54) is 10.8 Å². The Hall–Kier alpha value is -2.15. The molecule has 1 aromatic carbocycles. The van der Waals surface area contributed by atoms with Crippen molar-refractivity contribution in [2.75, 3.05) is 11.1 Å². The van der Waals surface area contributed by atoms with E-state index in [9.17, 15) is 9.59 Å². The van der Waals surface area contributed by atoms with Gasteiger partial charge >= 0.3 is 0 Å². The van der Waals surface area contributed by atoms with Gasteiger partial charge in [-0.25, -0.2) is 4.98 Å². The summed E-state index contributed by atoms with van der Waals surface area (Å²) in [6.07, 6.45) is 1.62. The third-order valence-electron chi connectivity index (χ3n) is 3.00. The summed E-state index contributed by atoms with van der Waals surface area (Å²) in [5.74, 6) is 0.356. The van der Waals surface area contributed by atoms with E-state index >= 15 is 0 Å². The van der Waals surface area contributed by atoms with Crippen molar-refractivity contribution in [1.82, 2.24) is 9.55 Å². The molecule has 0 aliphatic rings. The Morgan fingerprint density at radius 1 is 1.43 bits per heavy atom. The molecule has 0 saturated carbocycles. The predicted molar refractivity (Wildman–Crippen MR) is 85.0 cm³/mol. The Labute approximate surface area is 130 Å². The summed E-state index contributed by atoms with van der Waals surface area (Å²) in [6, 6.07) is 7.02. The molecular formula is C14H15BrN4O2. The molecule has 21 heavy (non-hydrogen) atoms. The molecule has 0 bridgehead atoms. The third kappa shape index (κ3) is 3.69. The van der Waals surface area contributed by atoms with E-state index in [1.54, 1.807) is 31.2 Å². The van der Waals surface area contributed by atoms with E-state index in [1.807, 2.05) is 0 Å². The number of nitrogens with one attached hydrogen (secondary N) is 1. The molecule has 7 heteroatoms. The van der Waals surface area contributed by atoms with Crippen LogP contribution in [0.3, 0.4) is 0 Å². The van der Waals surface area contributed by atoms with Gasteiger partial charge in [0.1, 0.15) is 10.3 Å². The lowest BCUT2D eigenvalue weighted by atomic mass is 10.2. The molecule has 0 spiro atoms. The zero-order valence-corrected chi connectivity index (χ0v) is 13.1. The number of aryl methyl sites for hydroxylation is 1. The highest BCUT2D eigenvalue weighted by Gasteiger charge is 2.09. The standard InChI is InChI=1S/C14H15BrN4O2/c1-9-17-8-10(15)14(21)19(9)7-6-13(20)18-12-5-3-2-4-11(12)16/h2-5,8H,6-7,16H2,1H3,(H,18,20). The zero-order chi connectivity index (χ0) is 15.4. The number of nitrogens with zero attached hydrogens (tertiary/aromatic N) is 2. The summed E-state index contributed by atoms with van der Waals surface area (Å²) in [5, 5.41) is 2.72. The van der Waals surface area contributed by atoms with Crippen molar-refractivity contribution >= 4 is 33.2 Å². The molecule has 0 atom stereocenters. The Balaban J connectivity index is 2.04. The summed E-state index contributed by atoms with van der Waals surface area (Å²) in [6.45, 7) is 1.98. The Morgan fingerprint density at radius 2 is 2.14 bits per heavy atom. The normalized spacial score (nSPS) is 10.4. The maximum atomic E-state index is 11.9. The minimum atomic E-state index is -0.209. The van der Waals surface area contributed by atoms with Crippen LogP contribution in [0.5, 0.6) is 0 Å². The van der Waals surface area contributed by atoms with Gasteiger partial charge in [0.05, 0.1) is 11.4 Å². The third-order valence-corrected chi connectivity index (χ3v) is 3.55. The summed E-state index contributed by atoms with van der Waals surface area (Å²) < 4.78 is 1.83. The van der Waals surface area contributed by atoms with Crippen LogP contribution in [0.1, 0.15) is 12.2 Å². The average molecular weight is 351 g/mol. The fraction of sp³-hybridized carbons (Fsp3) is 0.214. The molecule has 0 saturated heterocycles. The zero-order valence-electron chi connectivity index (χ0n) is 11.5. The highest BCUT2D eigenvalue weighted by Crippen LogP contribution is 2.16. The molecule has 110 valence electrons. The van der Waals surface area contributed by atoms with Gasteiger partial charge in [-0.1, -0.05) is 12.1 Å². The minimum Gasteiger partial charge on any atom is -0.397 e. The second-order valence-corrected chi connectivity index (χ2v) is 5.35. The first-order valence-corrected chi connectivity index (χ1v) is 7.14. The lowest BCUT2D eigenvalue weighted by Gasteiger charge is -2.10. The number of hydrogen-bond donors (Lipinski definition) is 2. The minimum absolute atomic E-state index is 0.160. The van der Waals surface area contributed by atoms with Gasteiger partial charge in [0.2, 0.25) is 5.91 Å². The van der Waals surface area contributed by atoms with Crippen LogP contribution in [-0.4, -0.2) is 15.5 Å². The summed E-state index contributed by atoms with van der Waals surface area (Å²) in [4.78, 5) is 28.0. The van der Waals surface area contributed by atoms with Crippen molar-refractivity contribution in [2.45, 2.75) is 19.9 Å². The van der Waals surface area contributed by atoms with Crippen molar-refractivity contribution in [3.63, 3.8) is 0 Å². The van der Waals surface area contributed by atoms with Gasteiger partial charge in [-0.05, 0) is 35.0 Å². The number of carbonyl (C=O) groups excluding carboxylic acids is 1. The Kier molecular flexibility index (Phi) is 4.74.